The van der Waals surface area contributed by atoms with Crippen LogP contribution in [0, 0.1) is 5.92 Å². The molecule has 0 aliphatic carbocycles. The first kappa shape index (κ1) is 15.2. The molecule has 1 fully saturated rings. The van der Waals surface area contributed by atoms with Crippen molar-refractivity contribution in [3.63, 3.8) is 0 Å². The topological polar surface area (TPSA) is 33.5 Å². The maximum absolute atomic E-state index is 12.6. The third kappa shape index (κ3) is 3.36. The largest absolute Gasteiger partial charge is 0.469 e. The number of amides is 1. The third-order valence-corrected chi connectivity index (χ3v) is 4.57. The Labute approximate surface area is 135 Å². The summed E-state index contributed by atoms with van der Waals surface area (Å²) < 4.78 is 5.46. The van der Waals surface area contributed by atoms with Gasteiger partial charge in [0, 0.05) is 29.9 Å². The summed E-state index contributed by atoms with van der Waals surface area (Å²) >= 11 is 5.90. The van der Waals surface area contributed by atoms with Crippen molar-refractivity contribution in [3.8, 4) is 0 Å². The Morgan fingerprint density at radius 1 is 1.36 bits per heavy atom. The number of rotatable bonds is 4. The molecular weight excluding hydrogens is 298 g/mol. The Morgan fingerprint density at radius 3 is 2.82 bits per heavy atom. The second-order valence-electron chi connectivity index (χ2n) is 6.02. The van der Waals surface area contributed by atoms with Crippen LogP contribution in [0.4, 0.5) is 0 Å². The van der Waals surface area contributed by atoms with Crippen molar-refractivity contribution in [1.82, 2.24) is 4.90 Å². The second-order valence-corrected chi connectivity index (χ2v) is 6.45. The van der Waals surface area contributed by atoms with Gasteiger partial charge in [-0.15, -0.1) is 0 Å². The smallest absolute Gasteiger partial charge is 0.225 e. The van der Waals surface area contributed by atoms with Crippen LogP contribution in [0.1, 0.15) is 30.6 Å². The van der Waals surface area contributed by atoms with Gasteiger partial charge in [-0.1, -0.05) is 30.7 Å². The summed E-state index contributed by atoms with van der Waals surface area (Å²) in [7, 11) is 0. The van der Waals surface area contributed by atoms with Crippen molar-refractivity contribution in [3.05, 3.63) is 59.0 Å². The van der Waals surface area contributed by atoms with E-state index in [4.69, 9.17) is 16.0 Å². The van der Waals surface area contributed by atoms with Gasteiger partial charge in [-0.05, 0) is 42.7 Å². The maximum atomic E-state index is 12.6. The van der Waals surface area contributed by atoms with E-state index in [1.54, 1.807) is 6.26 Å². The van der Waals surface area contributed by atoms with Crippen LogP contribution in [0.5, 0.6) is 0 Å². The summed E-state index contributed by atoms with van der Waals surface area (Å²) in [5.74, 6) is 1.53. The molecule has 0 radical (unpaired) electrons. The minimum atomic E-state index is -0.0171. The van der Waals surface area contributed by atoms with Crippen molar-refractivity contribution in [2.75, 3.05) is 13.1 Å². The molecule has 1 aromatic carbocycles. The zero-order valence-corrected chi connectivity index (χ0v) is 13.4. The molecule has 22 heavy (non-hydrogen) atoms. The van der Waals surface area contributed by atoms with Crippen LogP contribution in [0.25, 0.3) is 0 Å². The SMILES string of the molecule is CC(Cc1ccc(Cl)cc1)C(=O)N1CCC(c2ccco2)C1. The first-order chi connectivity index (χ1) is 10.6. The molecule has 4 heteroatoms. The first-order valence-corrected chi connectivity index (χ1v) is 8.08. The normalized spacial score (nSPS) is 19.4. The Bertz CT molecular complexity index is 621. The lowest BCUT2D eigenvalue weighted by atomic mass is 10.00. The van der Waals surface area contributed by atoms with Gasteiger partial charge in [-0.2, -0.15) is 0 Å². The number of hydrogen-bond acceptors (Lipinski definition) is 2. The molecular formula is C18H20ClNO2. The lowest BCUT2D eigenvalue weighted by Gasteiger charge is -2.21. The molecule has 2 unspecified atom stereocenters. The fourth-order valence-electron chi connectivity index (χ4n) is 3.09. The molecule has 2 aromatic rings. The van der Waals surface area contributed by atoms with Crippen LogP contribution in [-0.2, 0) is 11.2 Å². The van der Waals surface area contributed by atoms with Crippen LogP contribution in [0.15, 0.2) is 47.1 Å². The summed E-state index contributed by atoms with van der Waals surface area (Å²) in [6, 6.07) is 11.6. The molecule has 1 aliphatic rings. The van der Waals surface area contributed by atoms with E-state index in [0.29, 0.717) is 5.92 Å². The summed E-state index contributed by atoms with van der Waals surface area (Å²) in [5.41, 5.74) is 1.15. The predicted molar refractivity (Wildman–Crippen MR) is 87.0 cm³/mol. The van der Waals surface area contributed by atoms with Gasteiger partial charge in [0.25, 0.3) is 0 Å². The van der Waals surface area contributed by atoms with E-state index < -0.39 is 0 Å². The number of benzene rings is 1. The molecule has 0 spiro atoms. The number of furan rings is 1. The summed E-state index contributed by atoms with van der Waals surface area (Å²) in [6.07, 6.45) is 3.42. The average Bonchev–Trinajstić information content (AvgIpc) is 3.19. The lowest BCUT2D eigenvalue weighted by molar-refractivity contribution is -0.133. The highest BCUT2D eigenvalue weighted by Crippen LogP contribution is 2.28. The van der Waals surface area contributed by atoms with E-state index in [2.05, 4.69) is 0 Å². The van der Waals surface area contributed by atoms with Gasteiger partial charge in [0.15, 0.2) is 0 Å². The number of carbonyl (C=O) groups excluding carboxylic acids is 1. The number of likely N-dealkylation sites (tertiary alicyclic amines) is 1. The van der Waals surface area contributed by atoms with Crippen LogP contribution in [0.2, 0.25) is 5.02 Å². The van der Waals surface area contributed by atoms with Crippen molar-refractivity contribution < 1.29 is 9.21 Å². The number of carbonyl (C=O) groups is 1. The first-order valence-electron chi connectivity index (χ1n) is 7.70. The van der Waals surface area contributed by atoms with Crippen molar-refractivity contribution >= 4 is 17.5 Å². The minimum Gasteiger partial charge on any atom is -0.469 e. The molecule has 1 aromatic heterocycles. The number of hydrogen-bond donors (Lipinski definition) is 0. The van der Waals surface area contributed by atoms with Gasteiger partial charge in [0.05, 0.1) is 6.26 Å². The van der Waals surface area contributed by atoms with Crippen molar-refractivity contribution in [2.45, 2.75) is 25.7 Å². The molecule has 0 N–H and O–H groups in total. The Morgan fingerprint density at radius 2 is 2.14 bits per heavy atom. The van der Waals surface area contributed by atoms with E-state index in [1.807, 2.05) is 48.2 Å². The van der Waals surface area contributed by atoms with Crippen LogP contribution in [-0.4, -0.2) is 23.9 Å². The van der Waals surface area contributed by atoms with E-state index in [0.717, 1.165) is 42.3 Å². The number of halogens is 1. The summed E-state index contributed by atoms with van der Waals surface area (Å²) in [5, 5.41) is 0.726. The molecule has 1 aliphatic heterocycles. The standard InChI is InChI=1S/C18H20ClNO2/c1-13(11-14-4-6-16(19)7-5-14)18(21)20-9-8-15(12-20)17-3-2-10-22-17/h2-7,10,13,15H,8-9,11-12H2,1H3. The Balaban J connectivity index is 1.58. The lowest BCUT2D eigenvalue weighted by Crippen LogP contribution is -2.34. The highest BCUT2D eigenvalue weighted by atomic mass is 35.5. The van der Waals surface area contributed by atoms with Crippen molar-refractivity contribution in [1.29, 1.82) is 0 Å². The molecule has 3 nitrogen and oxygen atoms in total. The van der Waals surface area contributed by atoms with Gasteiger partial charge in [0.2, 0.25) is 5.91 Å². The maximum Gasteiger partial charge on any atom is 0.225 e. The zero-order chi connectivity index (χ0) is 15.5. The van der Waals surface area contributed by atoms with Gasteiger partial charge in [-0.25, -0.2) is 0 Å². The molecule has 1 amide bonds. The quantitative estimate of drug-likeness (QED) is 0.849. The van der Waals surface area contributed by atoms with Crippen LogP contribution < -0.4 is 0 Å². The highest BCUT2D eigenvalue weighted by molar-refractivity contribution is 6.30. The fourth-order valence-corrected chi connectivity index (χ4v) is 3.22. The molecule has 2 heterocycles. The monoisotopic (exact) mass is 317 g/mol. The number of nitrogens with zero attached hydrogens (tertiary/aromatic N) is 1. The molecule has 1 saturated heterocycles. The van der Waals surface area contributed by atoms with E-state index in [9.17, 15) is 4.79 Å². The summed E-state index contributed by atoms with van der Waals surface area (Å²) in [4.78, 5) is 14.6. The van der Waals surface area contributed by atoms with Crippen LogP contribution >= 0.6 is 11.6 Å². The van der Waals surface area contributed by atoms with Gasteiger partial charge in [0.1, 0.15) is 5.76 Å². The highest BCUT2D eigenvalue weighted by Gasteiger charge is 2.31. The van der Waals surface area contributed by atoms with Crippen molar-refractivity contribution in [2.24, 2.45) is 5.92 Å². The van der Waals surface area contributed by atoms with E-state index in [1.165, 1.54) is 0 Å². The summed E-state index contributed by atoms with van der Waals surface area (Å²) in [6.45, 7) is 3.57. The molecule has 3 rings (SSSR count). The van der Waals surface area contributed by atoms with Gasteiger partial charge >= 0.3 is 0 Å². The minimum absolute atomic E-state index is 0.0171. The fraction of sp³-hybridized carbons (Fsp3) is 0.389. The predicted octanol–water partition coefficient (Wildman–Crippen LogP) is 4.13. The molecule has 0 bridgehead atoms. The Hall–Kier alpha value is -1.74. The van der Waals surface area contributed by atoms with Crippen LogP contribution in [0.3, 0.4) is 0 Å². The third-order valence-electron chi connectivity index (χ3n) is 4.32. The second kappa shape index (κ2) is 6.57. The zero-order valence-electron chi connectivity index (χ0n) is 12.7. The van der Waals surface area contributed by atoms with Gasteiger partial charge in [-0.3, -0.25) is 4.79 Å². The van der Waals surface area contributed by atoms with Gasteiger partial charge < -0.3 is 9.32 Å². The molecule has 116 valence electrons. The average molecular weight is 318 g/mol. The molecule has 2 atom stereocenters. The van der Waals surface area contributed by atoms with E-state index in [-0.39, 0.29) is 11.8 Å². The Kier molecular flexibility index (Phi) is 4.53. The molecule has 0 saturated carbocycles. The van der Waals surface area contributed by atoms with E-state index >= 15 is 0 Å².